The fourth-order valence-electron chi connectivity index (χ4n) is 1.74. The molecule has 2 rings (SSSR count). The van der Waals surface area contributed by atoms with Gasteiger partial charge in [0, 0.05) is 0 Å². The van der Waals surface area contributed by atoms with Gasteiger partial charge in [-0.1, -0.05) is 6.07 Å². The minimum atomic E-state index is -4.70. The molecule has 2 N–H and O–H groups in total. The van der Waals surface area contributed by atoms with Gasteiger partial charge in [-0.25, -0.2) is 9.78 Å². The maximum absolute atomic E-state index is 12.3. The van der Waals surface area contributed by atoms with E-state index in [1.807, 2.05) is 5.32 Å². The highest BCUT2D eigenvalue weighted by Gasteiger charge is 2.36. The van der Waals surface area contributed by atoms with Gasteiger partial charge in [0.05, 0.1) is 23.4 Å². The van der Waals surface area contributed by atoms with Gasteiger partial charge < -0.3 is 14.8 Å². The zero-order valence-electron chi connectivity index (χ0n) is 11.5. The number of hydrogen-bond donors (Lipinski definition) is 2. The number of alkyl halides is 3. The van der Waals surface area contributed by atoms with Gasteiger partial charge in [0.1, 0.15) is 12.3 Å². The molecule has 124 valence electrons. The molecule has 10 heteroatoms. The highest BCUT2D eigenvalue weighted by Crippen LogP contribution is 2.24. The number of carbonyl (C=O) groups excluding carboxylic acids is 1. The molecule has 23 heavy (non-hydrogen) atoms. The third-order valence-corrected chi connectivity index (χ3v) is 3.55. The first-order chi connectivity index (χ1) is 10.7. The molecule has 0 aromatic carbocycles. The number of carboxylic acid groups (broad SMARTS) is 1. The van der Waals surface area contributed by atoms with E-state index in [0.29, 0.717) is 0 Å². The van der Waals surface area contributed by atoms with E-state index >= 15 is 0 Å². The van der Waals surface area contributed by atoms with E-state index in [1.165, 1.54) is 17.6 Å². The van der Waals surface area contributed by atoms with Crippen LogP contribution in [0.2, 0.25) is 0 Å². The average molecular weight is 348 g/mol. The van der Waals surface area contributed by atoms with Gasteiger partial charge in [-0.15, -0.1) is 11.3 Å². The Kier molecular flexibility index (Phi) is 5.04. The van der Waals surface area contributed by atoms with Gasteiger partial charge in [-0.2, -0.15) is 13.2 Å². The Bertz CT molecular complexity index is 682. The Morgan fingerprint density at radius 3 is 2.74 bits per heavy atom. The molecule has 0 aliphatic carbocycles. The van der Waals surface area contributed by atoms with Crippen LogP contribution in [0.1, 0.15) is 12.1 Å². The van der Waals surface area contributed by atoms with Crippen molar-refractivity contribution < 1.29 is 32.3 Å². The van der Waals surface area contributed by atoms with Crippen LogP contribution in [0.5, 0.6) is 0 Å². The Balaban J connectivity index is 1.97. The molecule has 1 amide bonds. The second kappa shape index (κ2) is 6.82. The van der Waals surface area contributed by atoms with E-state index < -0.39 is 30.5 Å². The SMILES string of the molecule is O=C(Cc1coc(-c2cccs2)n1)NC(CC(F)(F)F)C(=O)O. The largest absolute Gasteiger partial charge is 0.480 e. The number of rotatable bonds is 6. The van der Waals surface area contributed by atoms with Gasteiger partial charge in [-0.3, -0.25) is 4.79 Å². The van der Waals surface area contributed by atoms with E-state index in [2.05, 4.69) is 4.98 Å². The van der Waals surface area contributed by atoms with Gasteiger partial charge >= 0.3 is 12.1 Å². The molecule has 0 aliphatic heterocycles. The summed E-state index contributed by atoms with van der Waals surface area (Å²) in [5, 5.41) is 12.4. The minimum Gasteiger partial charge on any atom is -0.480 e. The van der Waals surface area contributed by atoms with Crippen molar-refractivity contribution in [3.63, 3.8) is 0 Å². The lowest BCUT2D eigenvalue weighted by atomic mass is 10.2. The fourth-order valence-corrected chi connectivity index (χ4v) is 2.40. The molecule has 1 unspecified atom stereocenters. The van der Waals surface area contributed by atoms with Crippen molar-refractivity contribution >= 4 is 23.2 Å². The normalized spacial score (nSPS) is 12.8. The summed E-state index contributed by atoms with van der Waals surface area (Å²) in [7, 11) is 0. The number of hydrogen-bond acceptors (Lipinski definition) is 5. The summed E-state index contributed by atoms with van der Waals surface area (Å²) in [6.07, 6.45) is -5.52. The summed E-state index contributed by atoms with van der Waals surface area (Å²) in [4.78, 5) is 27.2. The molecule has 0 aliphatic rings. The molecular formula is C13H11F3N2O4S. The Labute approximate surface area is 131 Å². The number of carbonyl (C=O) groups is 2. The molecule has 1 atom stereocenters. The number of aliphatic carboxylic acids is 1. The molecule has 6 nitrogen and oxygen atoms in total. The molecule has 0 radical (unpaired) electrons. The van der Waals surface area contributed by atoms with E-state index in [9.17, 15) is 22.8 Å². The zero-order chi connectivity index (χ0) is 17.0. The van der Waals surface area contributed by atoms with Crippen molar-refractivity contribution in [3.8, 4) is 10.8 Å². The molecule has 0 fully saturated rings. The van der Waals surface area contributed by atoms with Gasteiger partial charge in [0.15, 0.2) is 0 Å². The number of oxazole rings is 1. The number of aromatic nitrogens is 1. The van der Waals surface area contributed by atoms with Gasteiger partial charge in [0.2, 0.25) is 11.8 Å². The molecule has 0 spiro atoms. The van der Waals surface area contributed by atoms with Crippen molar-refractivity contribution in [3.05, 3.63) is 29.5 Å². The van der Waals surface area contributed by atoms with Crippen LogP contribution in [0.4, 0.5) is 13.2 Å². The third kappa shape index (κ3) is 5.09. The first kappa shape index (κ1) is 17.0. The highest BCUT2D eigenvalue weighted by atomic mass is 32.1. The van der Waals surface area contributed by atoms with E-state index in [-0.39, 0.29) is 18.0 Å². The van der Waals surface area contributed by atoms with Gasteiger partial charge in [0.25, 0.3) is 0 Å². The quantitative estimate of drug-likeness (QED) is 0.837. The van der Waals surface area contributed by atoms with Crippen LogP contribution < -0.4 is 5.32 Å². The summed E-state index contributed by atoms with van der Waals surface area (Å²) in [5.41, 5.74) is 0.196. The zero-order valence-corrected chi connectivity index (χ0v) is 12.3. The summed E-state index contributed by atoms with van der Waals surface area (Å²) in [5.74, 6) is -2.35. The minimum absolute atomic E-state index is 0.196. The second-order valence-electron chi connectivity index (χ2n) is 4.58. The summed E-state index contributed by atoms with van der Waals surface area (Å²) in [6.45, 7) is 0. The molecule has 2 aromatic rings. The lowest BCUT2D eigenvalue weighted by Crippen LogP contribution is -2.44. The third-order valence-electron chi connectivity index (χ3n) is 2.69. The second-order valence-corrected chi connectivity index (χ2v) is 5.52. The summed E-state index contributed by atoms with van der Waals surface area (Å²) in [6, 6.07) is 1.50. The van der Waals surface area contributed by atoms with E-state index in [1.54, 1.807) is 17.5 Å². The number of nitrogens with zero attached hydrogens (tertiary/aromatic N) is 1. The highest BCUT2D eigenvalue weighted by molar-refractivity contribution is 7.13. The van der Waals surface area contributed by atoms with Gasteiger partial charge in [-0.05, 0) is 11.4 Å². The smallest absolute Gasteiger partial charge is 0.391 e. The number of halogens is 3. The van der Waals surface area contributed by atoms with E-state index in [4.69, 9.17) is 9.52 Å². The molecular weight excluding hydrogens is 337 g/mol. The number of thiophene rings is 1. The van der Waals surface area contributed by atoms with Crippen LogP contribution in [-0.2, 0) is 16.0 Å². The predicted molar refractivity (Wildman–Crippen MR) is 73.8 cm³/mol. The van der Waals surface area contributed by atoms with Crippen molar-refractivity contribution in [1.29, 1.82) is 0 Å². The fraction of sp³-hybridized carbons (Fsp3) is 0.308. The lowest BCUT2D eigenvalue weighted by molar-refractivity contribution is -0.159. The monoisotopic (exact) mass is 348 g/mol. The van der Waals surface area contributed by atoms with Crippen LogP contribution in [-0.4, -0.2) is 34.2 Å². The van der Waals surface area contributed by atoms with Crippen LogP contribution in [0, 0.1) is 0 Å². The molecule has 0 bridgehead atoms. The number of nitrogens with one attached hydrogen (secondary N) is 1. The Morgan fingerprint density at radius 1 is 1.43 bits per heavy atom. The maximum Gasteiger partial charge on any atom is 0.391 e. The topological polar surface area (TPSA) is 92.4 Å². The summed E-state index contributed by atoms with van der Waals surface area (Å²) < 4.78 is 42.0. The van der Waals surface area contributed by atoms with Crippen molar-refractivity contribution in [2.45, 2.75) is 25.1 Å². The molecule has 0 saturated heterocycles. The van der Waals surface area contributed by atoms with Crippen LogP contribution in [0.15, 0.2) is 28.2 Å². The molecule has 2 heterocycles. The van der Waals surface area contributed by atoms with E-state index in [0.717, 1.165) is 4.88 Å². The van der Waals surface area contributed by atoms with Crippen molar-refractivity contribution in [1.82, 2.24) is 10.3 Å². The summed E-state index contributed by atoms with van der Waals surface area (Å²) >= 11 is 1.37. The standard InChI is InChI=1S/C13H11F3N2O4S/c14-13(15,16)5-8(12(20)21)18-10(19)4-7-6-22-11(17-7)9-2-1-3-23-9/h1-3,6,8H,4-5H2,(H,18,19)(H,20,21). The number of carboxylic acids is 1. The molecule has 2 aromatic heterocycles. The lowest BCUT2D eigenvalue weighted by Gasteiger charge is -2.15. The van der Waals surface area contributed by atoms with Crippen LogP contribution in [0.25, 0.3) is 10.8 Å². The average Bonchev–Trinajstić information content (AvgIpc) is 3.06. The predicted octanol–water partition coefficient (Wildman–Crippen LogP) is 2.47. The first-order valence-corrected chi connectivity index (χ1v) is 7.20. The van der Waals surface area contributed by atoms with Crippen molar-refractivity contribution in [2.24, 2.45) is 0 Å². The van der Waals surface area contributed by atoms with Crippen molar-refractivity contribution in [2.75, 3.05) is 0 Å². The maximum atomic E-state index is 12.3. The van der Waals surface area contributed by atoms with Crippen LogP contribution >= 0.6 is 11.3 Å². The Morgan fingerprint density at radius 2 is 2.17 bits per heavy atom. The first-order valence-electron chi connectivity index (χ1n) is 6.32. The Hall–Kier alpha value is -2.36. The number of amides is 1. The molecule has 0 saturated carbocycles. The van der Waals surface area contributed by atoms with Crippen LogP contribution in [0.3, 0.4) is 0 Å².